The summed E-state index contributed by atoms with van der Waals surface area (Å²) in [7, 11) is 3.81. The molecule has 70 heavy (non-hydrogen) atoms. The molecule has 21 nitrogen and oxygen atoms in total. The van der Waals surface area contributed by atoms with Crippen molar-refractivity contribution >= 4 is 69.6 Å². The Morgan fingerprint density at radius 2 is 1.14 bits per heavy atom. The number of rotatable bonds is 12. The number of Topliss-reactive ketones (excluding diaryl/α,β-unsaturated/α-hetero) is 1. The van der Waals surface area contributed by atoms with Gasteiger partial charge in [-0.05, 0) is 54.2 Å². The van der Waals surface area contributed by atoms with Crippen molar-refractivity contribution in [2.24, 2.45) is 5.92 Å². The number of benzene rings is 2. The van der Waals surface area contributed by atoms with E-state index < -0.39 is 64.4 Å². The van der Waals surface area contributed by atoms with Gasteiger partial charge in [-0.25, -0.2) is 23.2 Å². The topological polar surface area (TPSA) is 271 Å². The van der Waals surface area contributed by atoms with Crippen LogP contribution >= 0.6 is 0 Å². The highest BCUT2D eigenvalue weighted by molar-refractivity contribution is 6.10. The predicted molar refractivity (Wildman–Crippen MR) is 233 cm³/mol. The lowest BCUT2D eigenvalue weighted by Crippen LogP contribution is -2.52. The highest BCUT2D eigenvalue weighted by Crippen LogP contribution is 2.39. The van der Waals surface area contributed by atoms with Gasteiger partial charge in [-0.3, -0.25) is 44.6 Å². The van der Waals surface area contributed by atoms with Crippen LogP contribution in [0, 0.1) is 17.6 Å². The van der Waals surface area contributed by atoms with E-state index in [0.717, 1.165) is 12.8 Å². The van der Waals surface area contributed by atoms with Crippen LogP contribution in [0.25, 0.3) is 22.2 Å². The number of pyridine rings is 2. The number of amides is 8. The standard InChI is InChI=1S/C25H21FN4O6.C22H17FN4O7/c1-35-17-5-4-13-10-30(22(32)20(13)21(17)26)11-25(23(33)28-24(34)29-25)19-8-15-18(36-19)7-14(9-27-15)16(31)6-12-2-3-12;1-32-13-4-3-10-8-27(18(28)16(10)17(13)23)9-22(20(30)25-21(31)26-22)15-6-12-14(34-15)5-11(7-24-12)19(29)33-2/h4-5,7-9,12H,2-3,6,10-11H2,1H3,(H2,28,29,33,34);3-7H,8-9H2,1-2H3,(H2,25,26,30,31)/t25-;22-/m00/s1. The largest absolute Gasteiger partial charge is 0.494 e. The predicted octanol–water partition coefficient (Wildman–Crippen LogP) is 4.10. The van der Waals surface area contributed by atoms with Crippen LogP contribution in [0.15, 0.2) is 69.8 Å². The number of urea groups is 2. The SMILES string of the molecule is COC(=O)c1cnc2cc([C@]3(CN4Cc5ccc(OC)c(F)c5C4=O)NC(=O)NC3=O)oc2c1.COc1ccc2c(c1F)C(=O)N(C[C@@]1(c3cc4ncc(C(=O)CC5CC5)cc4o3)NC(=O)NC1=O)C2. The number of carbonyl (C=O) groups is 8. The molecule has 0 radical (unpaired) electrons. The van der Waals surface area contributed by atoms with E-state index in [2.05, 4.69) is 36.0 Å². The monoisotopic (exact) mass is 960 g/mol. The van der Waals surface area contributed by atoms with Crippen LogP contribution in [0.5, 0.6) is 11.5 Å². The summed E-state index contributed by atoms with van der Waals surface area (Å²) in [6.45, 7) is -0.625. The van der Waals surface area contributed by atoms with E-state index in [4.69, 9.17) is 18.3 Å². The maximum Gasteiger partial charge on any atom is 0.339 e. The Bertz CT molecular complexity index is 3310. The third-order valence-corrected chi connectivity index (χ3v) is 12.8. The maximum atomic E-state index is 14.8. The Labute approximate surface area is 392 Å². The molecule has 4 aromatic heterocycles. The van der Waals surface area contributed by atoms with Gasteiger partial charge in [-0.15, -0.1) is 0 Å². The number of imide groups is 2. The number of fused-ring (bicyclic) bond motifs is 4. The molecule has 5 aliphatic rings. The normalized spacial score (nSPS) is 20.2. The second-order valence-electron chi connectivity index (χ2n) is 17.2. The van der Waals surface area contributed by atoms with Crippen molar-refractivity contribution in [1.29, 1.82) is 0 Å². The smallest absolute Gasteiger partial charge is 0.339 e. The number of esters is 1. The second kappa shape index (κ2) is 16.8. The number of carbonyl (C=O) groups excluding carboxylic acids is 8. The van der Waals surface area contributed by atoms with E-state index in [1.54, 1.807) is 18.2 Å². The zero-order valence-corrected chi connectivity index (χ0v) is 37.2. The Morgan fingerprint density at radius 1 is 0.686 bits per heavy atom. The minimum Gasteiger partial charge on any atom is -0.494 e. The molecule has 11 rings (SSSR count). The number of methoxy groups -OCH3 is 3. The fourth-order valence-electron chi connectivity index (χ4n) is 8.98. The fourth-order valence-corrected chi connectivity index (χ4v) is 8.98. The zero-order valence-electron chi connectivity index (χ0n) is 37.2. The van der Waals surface area contributed by atoms with E-state index in [1.807, 2.05) is 0 Å². The van der Waals surface area contributed by atoms with Gasteiger partial charge in [0.25, 0.3) is 23.6 Å². The van der Waals surface area contributed by atoms with E-state index in [1.165, 1.54) is 73.9 Å². The highest BCUT2D eigenvalue weighted by Gasteiger charge is 2.55. The minimum atomic E-state index is -1.80. The van der Waals surface area contributed by atoms with Gasteiger partial charge in [0, 0.05) is 49.6 Å². The van der Waals surface area contributed by atoms with Crippen molar-refractivity contribution in [2.75, 3.05) is 34.4 Å². The van der Waals surface area contributed by atoms with Crippen LogP contribution in [0.4, 0.5) is 18.4 Å². The number of halogens is 2. The molecule has 6 aromatic rings. The van der Waals surface area contributed by atoms with Crippen molar-refractivity contribution < 1.29 is 70.2 Å². The lowest BCUT2D eigenvalue weighted by molar-refractivity contribution is -0.126. The number of ketones is 1. The van der Waals surface area contributed by atoms with Gasteiger partial charge in [-0.1, -0.05) is 12.1 Å². The quantitative estimate of drug-likeness (QED) is 0.0764. The molecule has 8 amide bonds. The first-order valence-electron chi connectivity index (χ1n) is 21.5. The van der Waals surface area contributed by atoms with E-state index in [-0.39, 0.29) is 82.8 Å². The van der Waals surface area contributed by atoms with E-state index >= 15 is 0 Å². The molecular formula is C47H38F2N8O13. The van der Waals surface area contributed by atoms with Crippen LogP contribution in [0.3, 0.4) is 0 Å². The lowest BCUT2D eigenvalue weighted by Gasteiger charge is -2.28. The Kier molecular flexibility index (Phi) is 10.8. The zero-order chi connectivity index (χ0) is 49.4. The second-order valence-corrected chi connectivity index (χ2v) is 17.2. The van der Waals surface area contributed by atoms with Gasteiger partial charge in [0.05, 0.1) is 51.1 Å². The van der Waals surface area contributed by atoms with Gasteiger partial charge in [0.15, 0.2) is 51.2 Å². The summed E-state index contributed by atoms with van der Waals surface area (Å²) >= 11 is 0. The molecule has 2 aromatic carbocycles. The number of aromatic nitrogens is 2. The van der Waals surface area contributed by atoms with Crippen molar-refractivity contribution in [1.82, 2.24) is 41.0 Å². The summed E-state index contributed by atoms with van der Waals surface area (Å²) in [5.74, 6) is -4.75. The van der Waals surface area contributed by atoms with Crippen LogP contribution in [-0.4, -0.2) is 102 Å². The first-order valence-corrected chi connectivity index (χ1v) is 21.5. The van der Waals surface area contributed by atoms with Crippen molar-refractivity contribution in [3.8, 4) is 11.5 Å². The molecule has 4 N–H and O–H groups in total. The summed E-state index contributed by atoms with van der Waals surface area (Å²) in [5, 5.41) is 9.45. The molecule has 2 saturated heterocycles. The Balaban J connectivity index is 0.000000162. The first-order chi connectivity index (χ1) is 33.6. The van der Waals surface area contributed by atoms with Crippen LogP contribution in [0.2, 0.25) is 0 Å². The molecule has 2 atom stereocenters. The number of hydrogen-bond donors (Lipinski definition) is 4. The molecule has 3 fully saturated rings. The fraction of sp³-hybridized carbons (Fsp3) is 0.277. The van der Waals surface area contributed by atoms with Gasteiger partial charge >= 0.3 is 18.0 Å². The molecule has 1 aliphatic carbocycles. The molecule has 8 heterocycles. The molecular weight excluding hydrogens is 923 g/mol. The number of nitrogens with one attached hydrogen (secondary N) is 4. The summed E-state index contributed by atoms with van der Waals surface area (Å²) in [6.07, 6.45) is 5.27. The molecule has 23 heteroatoms. The molecule has 1 saturated carbocycles. The molecule has 0 spiro atoms. The van der Waals surface area contributed by atoms with Crippen LogP contribution in [0.1, 0.15) is 83.3 Å². The maximum absolute atomic E-state index is 14.8. The molecule has 0 unspecified atom stereocenters. The highest BCUT2D eigenvalue weighted by atomic mass is 19.1. The third-order valence-electron chi connectivity index (χ3n) is 12.8. The summed E-state index contributed by atoms with van der Waals surface area (Å²) in [4.78, 5) is 112. The van der Waals surface area contributed by atoms with Gasteiger partial charge in [0.1, 0.15) is 22.6 Å². The van der Waals surface area contributed by atoms with E-state index in [0.29, 0.717) is 40.1 Å². The Morgan fingerprint density at radius 3 is 1.56 bits per heavy atom. The molecule has 0 bridgehead atoms. The summed E-state index contributed by atoms with van der Waals surface area (Å²) in [6, 6.07) is 10.3. The van der Waals surface area contributed by atoms with Gasteiger partial charge in [0.2, 0.25) is 0 Å². The molecule has 4 aliphatic heterocycles. The van der Waals surface area contributed by atoms with E-state index in [9.17, 15) is 47.1 Å². The van der Waals surface area contributed by atoms with Gasteiger partial charge < -0.3 is 43.5 Å². The average Bonchev–Trinajstić information content (AvgIpc) is 3.74. The van der Waals surface area contributed by atoms with Crippen molar-refractivity contribution in [3.05, 3.63) is 117 Å². The third kappa shape index (κ3) is 7.45. The minimum absolute atomic E-state index is 0.00491. The average molecular weight is 961 g/mol. The molecule has 358 valence electrons. The summed E-state index contributed by atoms with van der Waals surface area (Å²) in [5.41, 5.74) is -1.37. The first kappa shape index (κ1) is 45.0. The number of hydrogen-bond acceptors (Lipinski definition) is 15. The number of ether oxygens (including phenoxy) is 3. The van der Waals surface area contributed by atoms with Crippen LogP contribution < -0.4 is 30.7 Å². The number of nitrogens with zero attached hydrogens (tertiary/aromatic N) is 4. The van der Waals surface area contributed by atoms with Gasteiger partial charge in [-0.2, -0.15) is 0 Å². The summed E-state index contributed by atoms with van der Waals surface area (Å²) < 4.78 is 55.9. The number of furan rings is 2. The Hall–Kier alpha value is -8.76. The van der Waals surface area contributed by atoms with Crippen LogP contribution in [-0.2, 0) is 38.5 Å². The lowest BCUT2D eigenvalue weighted by atomic mass is 9.95. The van der Waals surface area contributed by atoms with Crippen molar-refractivity contribution in [2.45, 2.75) is 43.4 Å². The van der Waals surface area contributed by atoms with Crippen molar-refractivity contribution in [3.63, 3.8) is 0 Å².